The van der Waals surface area contributed by atoms with Gasteiger partial charge in [-0.1, -0.05) is 31.5 Å². The molecule has 1 saturated heterocycles. The summed E-state index contributed by atoms with van der Waals surface area (Å²) < 4.78 is 0. The highest BCUT2D eigenvalue weighted by Crippen LogP contribution is 2.33. The van der Waals surface area contributed by atoms with Gasteiger partial charge < -0.3 is 10.6 Å². The van der Waals surface area contributed by atoms with Gasteiger partial charge in [-0.3, -0.25) is 4.98 Å². The van der Waals surface area contributed by atoms with E-state index < -0.39 is 0 Å². The van der Waals surface area contributed by atoms with Crippen molar-refractivity contribution >= 4 is 16.6 Å². The summed E-state index contributed by atoms with van der Waals surface area (Å²) >= 11 is 0. The van der Waals surface area contributed by atoms with Crippen molar-refractivity contribution in [1.29, 1.82) is 0 Å². The SMILES string of the molecule is CCC1CCN(c2ccnc3ccccc23)C(CN)C1. The summed E-state index contributed by atoms with van der Waals surface area (Å²) in [5.74, 6) is 0.827. The molecule has 1 fully saturated rings. The first kappa shape index (κ1) is 13.4. The highest BCUT2D eigenvalue weighted by atomic mass is 15.2. The molecule has 3 nitrogen and oxygen atoms in total. The van der Waals surface area contributed by atoms with E-state index >= 15 is 0 Å². The number of aromatic nitrogens is 1. The van der Waals surface area contributed by atoms with Gasteiger partial charge in [-0.25, -0.2) is 0 Å². The highest BCUT2D eigenvalue weighted by Gasteiger charge is 2.27. The number of piperidine rings is 1. The number of fused-ring (bicyclic) bond motifs is 1. The van der Waals surface area contributed by atoms with Crippen molar-refractivity contribution in [3.8, 4) is 0 Å². The van der Waals surface area contributed by atoms with Gasteiger partial charge in [0.05, 0.1) is 5.52 Å². The lowest BCUT2D eigenvalue weighted by atomic mass is 9.88. The molecule has 1 aromatic carbocycles. The fraction of sp³-hybridized carbons (Fsp3) is 0.471. The minimum absolute atomic E-state index is 0.458. The number of para-hydroxylation sites is 1. The largest absolute Gasteiger partial charge is 0.367 e. The fourth-order valence-corrected chi connectivity index (χ4v) is 3.38. The Kier molecular flexibility index (Phi) is 3.88. The maximum absolute atomic E-state index is 6.03. The molecular formula is C17H23N3. The van der Waals surface area contributed by atoms with Crippen molar-refractivity contribution in [3.05, 3.63) is 36.5 Å². The number of hydrogen-bond donors (Lipinski definition) is 1. The topological polar surface area (TPSA) is 42.2 Å². The summed E-state index contributed by atoms with van der Waals surface area (Å²) in [7, 11) is 0. The van der Waals surface area contributed by atoms with Crippen LogP contribution >= 0.6 is 0 Å². The molecule has 1 aliphatic rings. The number of anilines is 1. The summed E-state index contributed by atoms with van der Waals surface area (Å²) in [6.45, 7) is 4.12. The molecule has 1 aliphatic heterocycles. The molecule has 2 aromatic rings. The number of benzene rings is 1. The van der Waals surface area contributed by atoms with Gasteiger partial charge in [-0.15, -0.1) is 0 Å². The Morgan fingerprint density at radius 1 is 1.30 bits per heavy atom. The molecule has 3 rings (SSSR count). The van der Waals surface area contributed by atoms with E-state index in [0.29, 0.717) is 6.04 Å². The van der Waals surface area contributed by atoms with Gasteiger partial charge in [0.25, 0.3) is 0 Å². The molecular weight excluding hydrogens is 246 g/mol. The average Bonchev–Trinajstić information content (AvgIpc) is 2.53. The van der Waals surface area contributed by atoms with Gasteiger partial charge in [-0.2, -0.15) is 0 Å². The Bertz CT molecular complexity index is 576. The zero-order valence-electron chi connectivity index (χ0n) is 12.1. The van der Waals surface area contributed by atoms with E-state index in [1.54, 1.807) is 0 Å². The Balaban J connectivity index is 1.97. The lowest BCUT2D eigenvalue weighted by Crippen LogP contribution is -2.46. The van der Waals surface area contributed by atoms with Gasteiger partial charge in [-0.05, 0) is 30.9 Å². The molecule has 2 atom stereocenters. The maximum atomic E-state index is 6.03. The van der Waals surface area contributed by atoms with E-state index in [1.165, 1.54) is 30.3 Å². The molecule has 20 heavy (non-hydrogen) atoms. The van der Waals surface area contributed by atoms with Crippen LogP contribution in [0.4, 0.5) is 5.69 Å². The molecule has 0 spiro atoms. The molecule has 1 aromatic heterocycles. The normalized spacial score (nSPS) is 23.2. The Morgan fingerprint density at radius 2 is 2.15 bits per heavy atom. The molecule has 0 radical (unpaired) electrons. The zero-order valence-corrected chi connectivity index (χ0v) is 12.1. The van der Waals surface area contributed by atoms with Gasteiger partial charge in [0, 0.05) is 36.4 Å². The molecule has 0 amide bonds. The molecule has 2 N–H and O–H groups in total. The lowest BCUT2D eigenvalue weighted by molar-refractivity contribution is 0.336. The monoisotopic (exact) mass is 269 g/mol. The summed E-state index contributed by atoms with van der Waals surface area (Å²) in [6.07, 6.45) is 5.66. The van der Waals surface area contributed by atoms with Crippen LogP contribution in [0.15, 0.2) is 36.5 Å². The van der Waals surface area contributed by atoms with Crippen LogP contribution in [0.2, 0.25) is 0 Å². The predicted octanol–water partition coefficient (Wildman–Crippen LogP) is 3.19. The minimum atomic E-state index is 0.458. The van der Waals surface area contributed by atoms with Crippen molar-refractivity contribution in [1.82, 2.24) is 4.98 Å². The smallest absolute Gasteiger partial charge is 0.0722 e. The summed E-state index contributed by atoms with van der Waals surface area (Å²) in [4.78, 5) is 6.96. The highest BCUT2D eigenvalue weighted by molar-refractivity contribution is 5.91. The lowest BCUT2D eigenvalue weighted by Gasteiger charge is -2.40. The number of nitrogens with two attached hydrogens (primary N) is 1. The van der Waals surface area contributed by atoms with Crippen molar-refractivity contribution in [2.24, 2.45) is 11.7 Å². The Labute approximate surface area is 120 Å². The van der Waals surface area contributed by atoms with Crippen LogP contribution in [0.1, 0.15) is 26.2 Å². The van der Waals surface area contributed by atoms with Crippen molar-refractivity contribution < 1.29 is 0 Å². The van der Waals surface area contributed by atoms with Crippen LogP contribution in [-0.4, -0.2) is 24.1 Å². The van der Waals surface area contributed by atoms with Gasteiger partial charge in [0.1, 0.15) is 0 Å². The van der Waals surface area contributed by atoms with E-state index in [-0.39, 0.29) is 0 Å². The van der Waals surface area contributed by atoms with E-state index in [1.807, 2.05) is 12.3 Å². The first-order valence-corrected chi connectivity index (χ1v) is 7.64. The molecule has 2 heterocycles. The van der Waals surface area contributed by atoms with Crippen molar-refractivity contribution in [2.75, 3.05) is 18.0 Å². The van der Waals surface area contributed by atoms with Crippen LogP contribution in [0, 0.1) is 5.92 Å². The third kappa shape index (κ3) is 2.38. The first-order valence-electron chi connectivity index (χ1n) is 7.64. The second-order valence-electron chi connectivity index (χ2n) is 5.73. The van der Waals surface area contributed by atoms with Crippen LogP contribution in [0.3, 0.4) is 0 Å². The number of nitrogens with zero attached hydrogens (tertiary/aromatic N) is 2. The third-order valence-corrected chi connectivity index (χ3v) is 4.61. The molecule has 0 saturated carbocycles. The third-order valence-electron chi connectivity index (χ3n) is 4.61. The zero-order chi connectivity index (χ0) is 13.9. The van der Waals surface area contributed by atoms with Gasteiger partial charge in [0.2, 0.25) is 0 Å². The minimum Gasteiger partial charge on any atom is -0.367 e. The van der Waals surface area contributed by atoms with E-state index in [2.05, 4.69) is 41.1 Å². The number of hydrogen-bond acceptors (Lipinski definition) is 3. The first-order chi connectivity index (χ1) is 9.83. The molecule has 3 heteroatoms. The second kappa shape index (κ2) is 5.80. The number of rotatable bonds is 3. The van der Waals surface area contributed by atoms with Gasteiger partial charge >= 0.3 is 0 Å². The quantitative estimate of drug-likeness (QED) is 0.930. The standard InChI is InChI=1S/C17H23N3/c1-2-13-8-10-20(14(11-13)12-18)17-7-9-19-16-6-4-3-5-15(16)17/h3-7,9,13-14H,2,8,10-12,18H2,1H3. The second-order valence-corrected chi connectivity index (χ2v) is 5.73. The van der Waals surface area contributed by atoms with Crippen LogP contribution < -0.4 is 10.6 Å². The fourth-order valence-electron chi connectivity index (χ4n) is 3.38. The average molecular weight is 269 g/mol. The van der Waals surface area contributed by atoms with E-state index in [0.717, 1.165) is 24.5 Å². The Morgan fingerprint density at radius 3 is 2.95 bits per heavy atom. The van der Waals surface area contributed by atoms with Crippen LogP contribution in [0.5, 0.6) is 0 Å². The maximum Gasteiger partial charge on any atom is 0.0722 e. The van der Waals surface area contributed by atoms with Crippen molar-refractivity contribution in [2.45, 2.75) is 32.2 Å². The summed E-state index contributed by atoms with van der Waals surface area (Å²) in [6, 6.07) is 11.0. The Hall–Kier alpha value is -1.61. The van der Waals surface area contributed by atoms with Crippen molar-refractivity contribution in [3.63, 3.8) is 0 Å². The molecule has 0 bridgehead atoms. The number of pyridine rings is 1. The van der Waals surface area contributed by atoms with Crippen LogP contribution in [-0.2, 0) is 0 Å². The summed E-state index contributed by atoms with van der Waals surface area (Å²) in [5, 5.41) is 1.24. The predicted molar refractivity (Wildman–Crippen MR) is 84.9 cm³/mol. The molecule has 2 unspecified atom stereocenters. The molecule has 0 aliphatic carbocycles. The van der Waals surface area contributed by atoms with E-state index in [4.69, 9.17) is 5.73 Å². The van der Waals surface area contributed by atoms with Gasteiger partial charge in [0.15, 0.2) is 0 Å². The summed E-state index contributed by atoms with van der Waals surface area (Å²) in [5.41, 5.74) is 8.39. The van der Waals surface area contributed by atoms with E-state index in [9.17, 15) is 0 Å². The molecule has 106 valence electrons. The van der Waals surface area contributed by atoms with Crippen LogP contribution in [0.25, 0.3) is 10.9 Å².